The van der Waals surface area contributed by atoms with Crippen LogP contribution >= 0.6 is 23.4 Å². The van der Waals surface area contributed by atoms with Gasteiger partial charge in [-0.1, -0.05) is 61.5 Å². The summed E-state index contributed by atoms with van der Waals surface area (Å²) < 4.78 is 2.14. The van der Waals surface area contributed by atoms with Crippen molar-refractivity contribution >= 4 is 35.0 Å². The Morgan fingerprint density at radius 1 is 1.30 bits per heavy atom. The Bertz CT molecular complexity index is 758. The first-order valence-electron chi connectivity index (χ1n) is 9.76. The highest BCUT2D eigenvalue weighted by Crippen LogP contribution is 2.28. The molecule has 1 saturated carbocycles. The molecule has 0 bridgehead atoms. The largest absolute Gasteiger partial charge is 0.325 e. The monoisotopic (exact) mass is 406 g/mol. The fourth-order valence-electron chi connectivity index (χ4n) is 3.63. The van der Waals surface area contributed by atoms with Crippen LogP contribution in [0.4, 0.5) is 5.69 Å². The Hall–Kier alpha value is -1.53. The van der Waals surface area contributed by atoms with E-state index < -0.39 is 0 Å². The fourth-order valence-corrected chi connectivity index (χ4v) is 4.64. The first-order valence-corrected chi connectivity index (χ1v) is 11.1. The lowest BCUT2D eigenvalue weighted by molar-refractivity contribution is -0.113. The zero-order chi connectivity index (χ0) is 19.1. The van der Waals surface area contributed by atoms with E-state index in [0.29, 0.717) is 16.5 Å². The minimum absolute atomic E-state index is 0.0725. The second-order valence-electron chi connectivity index (χ2n) is 7.03. The number of halogens is 1. The van der Waals surface area contributed by atoms with Crippen molar-refractivity contribution in [3.8, 4) is 0 Å². The van der Waals surface area contributed by atoms with E-state index in [9.17, 15) is 4.79 Å². The van der Waals surface area contributed by atoms with E-state index in [1.165, 1.54) is 50.3 Å². The predicted molar refractivity (Wildman–Crippen MR) is 111 cm³/mol. The summed E-state index contributed by atoms with van der Waals surface area (Å²) in [6.45, 7) is 2.93. The van der Waals surface area contributed by atoms with Crippen LogP contribution in [0, 0.1) is 5.92 Å². The molecule has 1 N–H and O–H groups in total. The fraction of sp³-hybridized carbons (Fsp3) is 0.550. The lowest BCUT2D eigenvalue weighted by Gasteiger charge is -2.21. The maximum Gasteiger partial charge on any atom is 0.234 e. The van der Waals surface area contributed by atoms with Crippen molar-refractivity contribution in [3.63, 3.8) is 0 Å². The van der Waals surface area contributed by atoms with Gasteiger partial charge in [-0.25, -0.2) is 0 Å². The van der Waals surface area contributed by atoms with E-state index in [0.717, 1.165) is 29.9 Å². The van der Waals surface area contributed by atoms with Gasteiger partial charge in [0.25, 0.3) is 0 Å². The second-order valence-corrected chi connectivity index (χ2v) is 8.41. The third kappa shape index (κ3) is 5.98. The van der Waals surface area contributed by atoms with Crippen molar-refractivity contribution in [2.75, 3.05) is 11.1 Å². The number of anilines is 1. The molecule has 0 aliphatic heterocycles. The Kier molecular flexibility index (Phi) is 7.59. The van der Waals surface area contributed by atoms with Crippen molar-refractivity contribution in [2.24, 2.45) is 5.92 Å². The van der Waals surface area contributed by atoms with Crippen LogP contribution in [0.25, 0.3) is 0 Å². The molecule has 1 aliphatic rings. The molecule has 1 aromatic carbocycles. The van der Waals surface area contributed by atoms with Crippen LogP contribution in [0.2, 0.25) is 5.02 Å². The molecule has 146 valence electrons. The van der Waals surface area contributed by atoms with E-state index in [1.54, 1.807) is 12.1 Å². The summed E-state index contributed by atoms with van der Waals surface area (Å²) in [6, 6.07) is 7.16. The molecule has 0 atom stereocenters. The van der Waals surface area contributed by atoms with Crippen LogP contribution in [0.1, 0.15) is 51.3 Å². The standard InChI is InChI=1S/C20H27ClN4OS/c1-2-25-18(12-11-15-7-4-3-5-8-15)23-24-20(25)27-14-19(26)22-17-10-6-9-16(21)13-17/h6,9-10,13,15H,2-5,7-8,11-12,14H2,1H3,(H,22,26). The molecule has 27 heavy (non-hydrogen) atoms. The van der Waals surface area contributed by atoms with E-state index in [1.807, 2.05) is 12.1 Å². The van der Waals surface area contributed by atoms with E-state index in [4.69, 9.17) is 11.6 Å². The number of hydrogen-bond donors (Lipinski definition) is 1. The highest BCUT2D eigenvalue weighted by Gasteiger charge is 2.17. The number of hydrogen-bond acceptors (Lipinski definition) is 4. The Balaban J connectivity index is 1.52. The summed E-state index contributed by atoms with van der Waals surface area (Å²) in [5, 5.41) is 13.0. The van der Waals surface area contributed by atoms with Crippen molar-refractivity contribution in [1.82, 2.24) is 14.8 Å². The van der Waals surface area contributed by atoms with Gasteiger partial charge in [-0.2, -0.15) is 0 Å². The van der Waals surface area contributed by atoms with E-state index in [2.05, 4.69) is 27.0 Å². The number of rotatable bonds is 8. The van der Waals surface area contributed by atoms with Crippen molar-refractivity contribution in [2.45, 2.75) is 63.6 Å². The molecule has 1 heterocycles. The quantitative estimate of drug-likeness (QED) is 0.612. The molecule has 1 aliphatic carbocycles. The number of aryl methyl sites for hydroxylation is 1. The van der Waals surface area contributed by atoms with Gasteiger partial charge in [0.15, 0.2) is 5.16 Å². The van der Waals surface area contributed by atoms with E-state index >= 15 is 0 Å². The lowest BCUT2D eigenvalue weighted by Crippen LogP contribution is -2.15. The summed E-state index contributed by atoms with van der Waals surface area (Å²) in [4.78, 5) is 12.2. The molecule has 1 amide bonds. The molecule has 5 nitrogen and oxygen atoms in total. The Morgan fingerprint density at radius 2 is 2.11 bits per heavy atom. The summed E-state index contributed by atoms with van der Waals surface area (Å²) >= 11 is 7.38. The SMILES string of the molecule is CCn1c(CCC2CCCCC2)nnc1SCC(=O)Nc1cccc(Cl)c1. The number of nitrogens with zero attached hydrogens (tertiary/aromatic N) is 3. The molecule has 3 rings (SSSR count). The van der Waals surface area contributed by atoms with Gasteiger partial charge < -0.3 is 9.88 Å². The highest BCUT2D eigenvalue weighted by molar-refractivity contribution is 7.99. The zero-order valence-electron chi connectivity index (χ0n) is 15.8. The van der Waals surface area contributed by atoms with Gasteiger partial charge in [0.1, 0.15) is 5.82 Å². The van der Waals surface area contributed by atoms with Crippen molar-refractivity contribution in [1.29, 1.82) is 0 Å². The molecule has 0 unspecified atom stereocenters. The average Bonchev–Trinajstić information content (AvgIpc) is 3.07. The number of amides is 1. The van der Waals surface area contributed by atoms with Crippen LogP contribution in [0.15, 0.2) is 29.4 Å². The van der Waals surface area contributed by atoms with Gasteiger partial charge in [-0.05, 0) is 37.5 Å². The maximum atomic E-state index is 12.2. The van der Waals surface area contributed by atoms with Gasteiger partial charge in [-0.15, -0.1) is 10.2 Å². The minimum Gasteiger partial charge on any atom is -0.325 e. The van der Waals surface area contributed by atoms with Gasteiger partial charge >= 0.3 is 0 Å². The molecule has 0 saturated heterocycles. The van der Waals surface area contributed by atoms with Crippen LogP contribution in [0.3, 0.4) is 0 Å². The van der Waals surface area contributed by atoms with Crippen molar-refractivity contribution < 1.29 is 4.79 Å². The first-order chi connectivity index (χ1) is 13.2. The third-order valence-corrected chi connectivity index (χ3v) is 6.25. The van der Waals surface area contributed by atoms with Gasteiger partial charge in [0, 0.05) is 23.7 Å². The minimum atomic E-state index is -0.0725. The first kappa shape index (κ1) is 20.2. The lowest BCUT2D eigenvalue weighted by atomic mass is 9.86. The summed E-state index contributed by atoms with van der Waals surface area (Å²) in [7, 11) is 0. The van der Waals surface area contributed by atoms with Crippen LogP contribution in [-0.2, 0) is 17.8 Å². The summed E-state index contributed by atoms with van der Waals surface area (Å²) in [5.74, 6) is 2.10. The molecule has 0 radical (unpaired) electrons. The third-order valence-electron chi connectivity index (χ3n) is 5.05. The zero-order valence-corrected chi connectivity index (χ0v) is 17.4. The maximum absolute atomic E-state index is 12.2. The van der Waals surface area contributed by atoms with Gasteiger partial charge in [0.2, 0.25) is 5.91 Å². The summed E-state index contributed by atoms with van der Waals surface area (Å²) in [6.07, 6.45) is 9.00. The molecule has 7 heteroatoms. The summed E-state index contributed by atoms with van der Waals surface area (Å²) in [5.41, 5.74) is 0.707. The van der Waals surface area contributed by atoms with Crippen LogP contribution in [0.5, 0.6) is 0 Å². The normalized spacial score (nSPS) is 15.0. The predicted octanol–water partition coefficient (Wildman–Crippen LogP) is 5.20. The number of carbonyl (C=O) groups is 1. The van der Waals surface area contributed by atoms with Crippen molar-refractivity contribution in [3.05, 3.63) is 35.1 Å². The van der Waals surface area contributed by atoms with E-state index in [-0.39, 0.29) is 5.91 Å². The average molecular weight is 407 g/mol. The molecule has 1 aromatic heterocycles. The molecule has 1 fully saturated rings. The molecular formula is C20H27ClN4OS. The number of carbonyl (C=O) groups excluding carboxylic acids is 1. The number of benzene rings is 1. The Labute approximate surface area is 170 Å². The van der Waals surface area contributed by atoms with Gasteiger partial charge in [-0.3, -0.25) is 4.79 Å². The van der Waals surface area contributed by atoms with Crippen LogP contribution < -0.4 is 5.32 Å². The second kappa shape index (κ2) is 10.1. The number of thioether (sulfide) groups is 1. The number of nitrogens with one attached hydrogen (secondary N) is 1. The molecular weight excluding hydrogens is 380 g/mol. The topological polar surface area (TPSA) is 59.8 Å². The molecule has 0 spiro atoms. The van der Waals surface area contributed by atoms with Gasteiger partial charge in [0.05, 0.1) is 5.75 Å². The molecule has 2 aromatic rings. The number of aromatic nitrogens is 3. The Morgan fingerprint density at radius 3 is 2.85 bits per heavy atom. The highest BCUT2D eigenvalue weighted by atomic mass is 35.5. The van der Waals surface area contributed by atoms with Crippen LogP contribution in [-0.4, -0.2) is 26.4 Å². The smallest absolute Gasteiger partial charge is 0.234 e.